The van der Waals surface area contributed by atoms with Gasteiger partial charge in [0.15, 0.2) is 11.5 Å². The number of halogens is 2. The number of carbonyl (C=O) groups is 2. The number of rotatable bonds is 8. The molecular weight excluding hydrogens is 501 g/mol. The fourth-order valence-corrected chi connectivity index (χ4v) is 4.29. The van der Waals surface area contributed by atoms with Gasteiger partial charge >= 0.3 is 0 Å². The summed E-state index contributed by atoms with van der Waals surface area (Å²) in [7, 11) is 1.54. The van der Waals surface area contributed by atoms with Crippen molar-refractivity contribution in [1.29, 1.82) is 0 Å². The van der Waals surface area contributed by atoms with Gasteiger partial charge in [-0.3, -0.25) is 20.4 Å². The highest BCUT2D eigenvalue weighted by molar-refractivity contribution is 6.42. The number of nitrogens with zero attached hydrogens (tertiary/aromatic N) is 1. The van der Waals surface area contributed by atoms with Crippen molar-refractivity contribution in [2.24, 2.45) is 5.92 Å². The Morgan fingerprint density at radius 2 is 1.86 bits per heavy atom. The van der Waals surface area contributed by atoms with E-state index >= 15 is 0 Å². The van der Waals surface area contributed by atoms with Crippen molar-refractivity contribution < 1.29 is 19.1 Å². The van der Waals surface area contributed by atoms with E-state index in [-0.39, 0.29) is 24.8 Å². The molecule has 0 bridgehead atoms. The van der Waals surface area contributed by atoms with Crippen LogP contribution in [0.25, 0.3) is 0 Å². The SMILES string of the molecule is COc1cccc(NNC(=O)[C@H]2CC(=O)N(c3ccc(C)c(C)c3)C2)c1OCc1ccc(Cl)c(Cl)c1. The maximum absolute atomic E-state index is 12.9. The van der Waals surface area contributed by atoms with E-state index in [4.69, 9.17) is 32.7 Å². The first kappa shape index (κ1) is 25.7. The third-order valence-electron chi connectivity index (χ3n) is 6.18. The van der Waals surface area contributed by atoms with Gasteiger partial charge in [0.25, 0.3) is 0 Å². The summed E-state index contributed by atoms with van der Waals surface area (Å²) in [4.78, 5) is 27.2. The fourth-order valence-electron chi connectivity index (χ4n) is 3.97. The lowest BCUT2D eigenvalue weighted by Crippen LogP contribution is -2.36. The molecule has 4 rings (SSSR count). The van der Waals surface area contributed by atoms with E-state index in [0.29, 0.717) is 33.8 Å². The molecular formula is C27H27Cl2N3O4. The largest absolute Gasteiger partial charge is 0.493 e. The standard InChI is InChI=1S/C27H27Cl2N3O4/c1-16-7-9-20(11-17(16)2)32-14-19(13-25(32)33)27(34)31-30-23-5-4-6-24(35-3)26(23)36-15-18-8-10-21(28)22(29)12-18/h4-12,19,30H,13-15H2,1-3H3,(H,31,34)/t19-/m0/s1. The summed E-state index contributed by atoms with van der Waals surface area (Å²) in [5.41, 5.74) is 10.0. The first-order valence-electron chi connectivity index (χ1n) is 11.4. The highest BCUT2D eigenvalue weighted by Crippen LogP contribution is 2.36. The predicted octanol–water partition coefficient (Wildman–Crippen LogP) is 5.69. The van der Waals surface area contributed by atoms with Crippen LogP contribution in [-0.4, -0.2) is 25.5 Å². The molecule has 0 aliphatic carbocycles. The van der Waals surface area contributed by atoms with Crippen LogP contribution in [0, 0.1) is 19.8 Å². The Kier molecular flexibility index (Phi) is 7.91. The average Bonchev–Trinajstić information content (AvgIpc) is 3.26. The first-order chi connectivity index (χ1) is 17.3. The Balaban J connectivity index is 1.42. The summed E-state index contributed by atoms with van der Waals surface area (Å²) in [6, 6.07) is 16.4. The average molecular weight is 528 g/mol. The van der Waals surface area contributed by atoms with Gasteiger partial charge < -0.3 is 14.4 Å². The topological polar surface area (TPSA) is 79.9 Å². The lowest BCUT2D eigenvalue weighted by atomic mass is 10.1. The second kappa shape index (κ2) is 11.1. The molecule has 0 aromatic heterocycles. The van der Waals surface area contributed by atoms with E-state index in [1.807, 2.05) is 38.1 Å². The summed E-state index contributed by atoms with van der Waals surface area (Å²) >= 11 is 12.1. The maximum Gasteiger partial charge on any atom is 0.243 e. The molecule has 36 heavy (non-hydrogen) atoms. The number of methoxy groups -OCH3 is 1. The van der Waals surface area contributed by atoms with Crippen molar-refractivity contribution in [2.75, 3.05) is 24.0 Å². The van der Waals surface area contributed by atoms with Crippen molar-refractivity contribution in [1.82, 2.24) is 5.43 Å². The summed E-state index contributed by atoms with van der Waals surface area (Å²) in [5, 5.41) is 0.897. The molecule has 0 unspecified atom stereocenters. The Morgan fingerprint density at radius 1 is 1.06 bits per heavy atom. The van der Waals surface area contributed by atoms with Crippen molar-refractivity contribution >= 4 is 46.4 Å². The minimum Gasteiger partial charge on any atom is -0.493 e. The number of nitrogens with one attached hydrogen (secondary N) is 2. The molecule has 0 spiro atoms. The first-order valence-corrected chi connectivity index (χ1v) is 12.2. The van der Waals surface area contributed by atoms with E-state index in [1.54, 1.807) is 35.2 Å². The van der Waals surface area contributed by atoms with E-state index < -0.39 is 5.92 Å². The van der Waals surface area contributed by atoms with Crippen LogP contribution in [0.4, 0.5) is 11.4 Å². The number of benzene rings is 3. The molecule has 1 saturated heterocycles. The molecule has 188 valence electrons. The van der Waals surface area contributed by atoms with Gasteiger partial charge in [0.05, 0.1) is 28.8 Å². The molecule has 9 heteroatoms. The molecule has 2 amide bonds. The van der Waals surface area contributed by atoms with Gasteiger partial charge in [0.1, 0.15) is 6.61 Å². The molecule has 3 aromatic carbocycles. The minimum atomic E-state index is -0.488. The smallest absolute Gasteiger partial charge is 0.243 e. The van der Waals surface area contributed by atoms with Crippen molar-refractivity contribution in [3.8, 4) is 11.5 Å². The van der Waals surface area contributed by atoms with Gasteiger partial charge in [-0.25, -0.2) is 0 Å². The number of ether oxygens (including phenoxy) is 2. The van der Waals surface area contributed by atoms with Gasteiger partial charge in [0.2, 0.25) is 11.8 Å². The zero-order valence-corrected chi connectivity index (χ0v) is 21.7. The van der Waals surface area contributed by atoms with E-state index in [0.717, 1.165) is 22.4 Å². The molecule has 1 aliphatic heterocycles. The Morgan fingerprint density at radius 3 is 2.58 bits per heavy atom. The number of hydrogen-bond donors (Lipinski definition) is 2. The van der Waals surface area contributed by atoms with Crippen LogP contribution in [-0.2, 0) is 16.2 Å². The third kappa shape index (κ3) is 5.69. The molecule has 0 radical (unpaired) electrons. The third-order valence-corrected chi connectivity index (χ3v) is 6.92. The second-order valence-corrected chi connectivity index (χ2v) is 9.48. The number of carbonyl (C=O) groups excluding carboxylic acids is 2. The molecule has 1 fully saturated rings. The van der Waals surface area contributed by atoms with Gasteiger partial charge in [-0.1, -0.05) is 41.4 Å². The number of para-hydroxylation sites is 1. The number of anilines is 2. The number of hydrogen-bond acceptors (Lipinski definition) is 5. The number of amides is 2. The molecule has 2 N–H and O–H groups in total. The van der Waals surface area contributed by atoms with E-state index in [2.05, 4.69) is 10.9 Å². The Labute approximate surface area is 220 Å². The monoisotopic (exact) mass is 527 g/mol. The highest BCUT2D eigenvalue weighted by atomic mass is 35.5. The lowest BCUT2D eigenvalue weighted by Gasteiger charge is -2.19. The molecule has 7 nitrogen and oxygen atoms in total. The van der Waals surface area contributed by atoms with Crippen LogP contribution >= 0.6 is 23.2 Å². The van der Waals surface area contributed by atoms with E-state index in [1.165, 1.54) is 7.11 Å². The summed E-state index contributed by atoms with van der Waals surface area (Å²) in [6.45, 7) is 4.55. The summed E-state index contributed by atoms with van der Waals surface area (Å²) < 4.78 is 11.5. The Hall–Kier alpha value is -3.42. The zero-order chi connectivity index (χ0) is 25.8. The maximum atomic E-state index is 12.9. The molecule has 3 aromatic rings. The zero-order valence-electron chi connectivity index (χ0n) is 20.2. The van der Waals surface area contributed by atoms with Crippen LogP contribution in [0.3, 0.4) is 0 Å². The molecule has 1 atom stereocenters. The summed E-state index contributed by atoms with van der Waals surface area (Å²) in [5.74, 6) is 0.0630. The molecule has 1 aliphatic rings. The predicted molar refractivity (Wildman–Crippen MR) is 142 cm³/mol. The van der Waals surface area contributed by atoms with Crippen LogP contribution < -0.4 is 25.2 Å². The van der Waals surface area contributed by atoms with Gasteiger partial charge in [0, 0.05) is 18.7 Å². The molecule has 0 saturated carbocycles. The van der Waals surface area contributed by atoms with Crippen LogP contribution in [0.1, 0.15) is 23.1 Å². The molecule has 1 heterocycles. The Bertz CT molecular complexity index is 1300. The van der Waals surface area contributed by atoms with Crippen molar-refractivity contribution in [3.63, 3.8) is 0 Å². The quantitative estimate of drug-likeness (QED) is 0.367. The van der Waals surface area contributed by atoms with Crippen LogP contribution in [0.2, 0.25) is 10.0 Å². The highest BCUT2D eigenvalue weighted by Gasteiger charge is 2.35. The van der Waals surface area contributed by atoms with Crippen molar-refractivity contribution in [3.05, 3.63) is 81.3 Å². The van der Waals surface area contributed by atoms with Gasteiger partial charge in [-0.15, -0.1) is 0 Å². The fraction of sp³-hybridized carbons (Fsp3) is 0.259. The number of aryl methyl sites for hydroxylation is 2. The summed E-state index contributed by atoms with van der Waals surface area (Å²) in [6.07, 6.45) is 0.138. The van der Waals surface area contributed by atoms with E-state index in [9.17, 15) is 9.59 Å². The lowest BCUT2D eigenvalue weighted by molar-refractivity contribution is -0.125. The van der Waals surface area contributed by atoms with Gasteiger partial charge in [-0.05, 0) is 66.9 Å². The van der Waals surface area contributed by atoms with Crippen LogP contribution in [0.15, 0.2) is 54.6 Å². The van der Waals surface area contributed by atoms with Gasteiger partial charge in [-0.2, -0.15) is 0 Å². The normalized spacial score (nSPS) is 15.1. The minimum absolute atomic E-state index is 0.0783. The second-order valence-electron chi connectivity index (χ2n) is 8.66. The van der Waals surface area contributed by atoms with Crippen LogP contribution in [0.5, 0.6) is 11.5 Å². The number of hydrazine groups is 1. The van der Waals surface area contributed by atoms with Crippen molar-refractivity contribution in [2.45, 2.75) is 26.9 Å².